The first-order valence-corrected chi connectivity index (χ1v) is 9.43. The van der Waals surface area contributed by atoms with E-state index in [0.717, 1.165) is 34.0 Å². The minimum atomic E-state index is -0.234. The lowest BCUT2D eigenvalue weighted by molar-refractivity contribution is -0.138. The molecule has 0 bridgehead atoms. The summed E-state index contributed by atoms with van der Waals surface area (Å²) in [4.78, 5) is 0. The maximum atomic E-state index is 10.5. The number of phenols is 1. The predicted octanol–water partition coefficient (Wildman–Crippen LogP) is 6.32. The van der Waals surface area contributed by atoms with E-state index in [0.29, 0.717) is 5.75 Å². The second-order valence-electron chi connectivity index (χ2n) is 7.98. The Bertz CT molecular complexity index is 783. The lowest BCUT2D eigenvalue weighted by atomic mass is 9.79. The molecule has 1 N–H and O–H groups in total. The van der Waals surface area contributed by atoms with Gasteiger partial charge in [0, 0.05) is 10.0 Å². The third-order valence-electron chi connectivity index (χ3n) is 4.49. The Hall–Kier alpha value is -1.58. The van der Waals surface area contributed by atoms with Gasteiger partial charge in [-0.2, -0.15) is 0 Å². The molecule has 2 aromatic rings. The highest BCUT2D eigenvalue weighted by molar-refractivity contribution is 9.10. The Balaban J connectivity index is 2.24. The molecule has 2 aromatic carbocycles. The summed E-state index contributed by atoms with van der Waals surface area (Å²) >= 11 is 3.51. The zero-order valence-corrected chi connectivity index (χ0v) is 16.9. The van der Waals surface area contributed by atoms with Gasteiger partial charge in [0.05, 0.1) is 11.2 Å². The number of para-hydroxylation sites is 1. The Morgan fingerprint density at radius 2 is 1.48 bits per heavy atom. The summed E-state index contributed by atoms with van der Waals surface area (Å²) in [5.41, 5.74) is 3.98. The number of halogens is 1. The van der Waals surface area contributed by atoms with E-state index in [1.54, 1.807) is 6.07 Å². The summed E-state index contributed by atoms with van der Waals surface area (Å²) in [7, 11) is 0. The number of hydrogen-bond donors (Lipinski definition) is 1. The number of ether oxygens (including phenoxy) is 1. The Morgan fingerprint density at radius 3 is 2.04 bits per heavy atom. The van der Waals surface area contributed by atoms with Crippen molar-refractivity contribution in [3.8, 4) is 5.75 Å². The molecule has 132 valence electrons. The van der Waals surface area contributed by atoms with Gasteiger partial charge in [-0.05, 0) is 69.9 Å². The van der Waals surface area contributed by atoms with Crippen LogP contribution in [0.15, 0.2) is 58.6 Å². The van der Waals surface area contributed by atoms with Gasteiger partial charge in [-0.15, -0.1) is 0 Å². The molecule has 1 aliphatic heterocycles. The highest BCUT2D eigenvalue weighted by Gasteiger charge is 2.38. The first kappa shape index (κ1) is 18.2. The average molecular weight is 401 g/mol. The Labute approximate surface area is 158 Å². The van der Waals surface area contributed by atoms with E-state index in [-0.39, 0.29) is 11.2 Å². The van der Waals surface area contributed by atoms with Crippen LogP contribution in [0.3, 0.4) is 0 Å². The molecular weight excluding hydrogens is 376 g/mol. The van der Waals surface area contributed by atoms with E-state index < -0.39 is 0 Å². The Kier molecular flexibility index (Phi) is 4.82. The first-order valence-electron chi connectivity index (χ1n) is 8.63. The van der Waals surface area contributed by atoms with Gasteiger partial charge in [0.15, 0.2) is 0 Å². The van der Waals surface area contributed by atoms with Crippen LogP contribution in [-0.2, 0) is 4.74 Å². The largest absolute Gasteiger partial charge is 0.507 e. The van der Waals surface area contributed by atoms with Crippen molar-refractivity contribution in [3.63, 3.8) is 0 Å². The summed E-state index contributed by atoms with van der Waals surface area (Å²) in [6.45, 7) is 8.55. The van der Waals surface area contributed by atoms with E-state index in [1.807, 2.05) is 30.3 Å². The second kappa shape index (κ2) is 6.62. The molecule has 0 radical (unpaired) electrons. The van der Waals surface area contributed by atoms with Crippen molar-refractivity contribution in [2.75, 3.05) is 0 Å². The molecule has 0 saturated carbocycles. The molecule has 3 rings (SSSR count). The Morgan fingerprint density at radius 1 is 0.920 bits per heavy atom. The van der Waals surface area contributed by atoms with Crippen LogP contribution in [0.25, 0.3) is 5.57 Å². The van der Waals surface area contributed by atoms with Gasteiger partial charge in [-0.25, -0.2) is 0 Å². The SMILES string of the molecule is CC1(C)CC(=C(c2ccc(Br)cc2)c2ccccc2O)CC(C)(C)O1. The van der Waals surface area contributed by atoms with Crippen LogP contribution in [-0.4, -0.2) is 16.3 Å². The summed E-state index contributed by atoms with van der Waals surface area (Å²) in [5, 5.41) is 10.5. The number of aromatic hydroxyl groups is 1. The van der Waals surface area contributed by atoms with Crippen molar-refractivity contribution in [1.82, 2.24) is 0 Å². The van der Waals surface area contributed by atoms with Crippen molar-refractivity contribution in [2.24, 2.45) is 0 Å². The van der Waals surface area contributed by atoms with Crippen molar-refractivity contribution >= 4 is 21.5 Å². The van der Waals surface area contributed by atoms with Crippen molar-refractivity contribution < 1.29 is 9.84 Å². The van der Waals surface area contributed by atoms with E-state index in [9.17, 15) is 5.11 Å². The lowest BCUT2D eigenvalue weighted by Gasteiger charge is -2.43. The lowest BCUT2D eigenvalue weighted by Crippen LogP contribution is -2.42. The molecule has 1 saturated heterocycles. The standard InChI is InChI=1S/C22H25BrO2/c1-21(2)13-16(14-22(3,4)25-21)20(15-9-11-17(23)12-10-15)18-7-5-6-8-19(18)24/h5-12,24H,13-14H2,1-4H3. The molecule has 1 heterocycles. The third-order valence-corrected chi connectivity index (χ3v) is 5.02. The van der Waals surface area contributed by atoms with Crippen LogP contribution in [0.4, 0.5) is 0 Å². The zero-order chi connectivity index (χ0) is 18.2. The molecule has 0 amide bonds. The summed E-state index contributed by atoms with van der Waals surface area (Å²) in [6.07, 6.45) is 1.69. The number of phenolic OH excluding ortho intramolecular Hbond substituents is 1. The van der Waals surface area contributed by atoms with Gasteiger partial charge < -0.3 is 9.84 Å². The molecule has 0 unspecified atom stereocenters. The van der Waals surface area contributed by atoms with Gasteiger partial charge in [0.2, 0.25) is 0 Å². The van der Waals surface area contributed by atoms with E-state index in [1.165, 1.54) is 5.57 Å². The molecule has 1 fully saturated rings. The quantitative estimate of drug-likeness (QED) is 0.638. The van der Waals surface area contributed by atoms with Gasteiger partial charge >= 0.3 is 0 Å². The van der Waals surface area contributed by atoms with Crippen molar-refractivity contribution in [3.05, 3.63) is 69.7 Å². The van der Waals surface area contributed by atoms with Gasteiger partial charge in [0.1, 0.15) is 5.75 Å². The monoisotopic (exact) mass is 400 g/mol. The van der Waals surface area contributed by atoms with Crippen LogP contribution in [0.1, 0.15) is 51.7 Å². The van der Waals surface area contributed by atoms with Crippen molar-refractivity contribution in [1.29, 1.82) is 0 Å². The molecule has 3 heteroatoms. The first-order chi connectivity index (χ1) is 11.7. The molecule has 25 heavy (non-hydrogen) atoms. The van der Waals surface area contributed by atoms with Gasteiger partial charge in [-0.1, -0.05) is 51.8 Å². The number of rotatable bonds is 2. The van der Waals surface area contributed by atoms with Crippen LogP contribution in [0.2, 0.25) is 0 Å². The molecule has 2 nitrogen and oxygen atoms in total. The fourth-order valence-corrected chi connectivity index (χ4v) is 4.20. The zero-order valence-electron chi connectivity index (χ0n) is 15.3. The van der Waals surface area contributed by atoms with Crippen molar-refractivity contribution in [2.45, 2.75) is 51.7 Å². The van der Waals surface area contributed by atoms with Gasteiger partial charge in [-0.3, -0.25) is 0 Å². The minimum Gasteiger partial charge on any atom is -0.507 e. The fourth-order valence-electron chi connectivity index (χ4n) is 3.94. The van der Waals surface area contributed by atoms with Crippen LogP contribution < -0.4 is 0 Å². The normalized spacial score (nSPS) is 18.8. The molecule has 0 spiro atoms. The average Bonchev–Trinajstić information content (AvgIpc) is 2.48. The van der Waals surface area contributed by atoms with Gasteiger partial charge in [0.25, 0.3) is 0 Å². The summed E-state index contributed by atoms with van der Waals surface area (Å²) < 4.78 is 7.31. The smallest absolute Gasteiger partial charge is 0.123 e. The molecule has 1 aliphatic rings. The van der Waals surface area contributed by atoms with Crippen LogP contribution in [0, 0.1) is 0 Å². The maximum Gasteiger partial charge on any atom is 0.123 e. The highest BCUT2D eigenvalue weighted by Crippen LogP contribution is 2.44. The molecular formula is C22H25BrO2. The van der Waals surface area contributed by atoms with Crippen LogP contribution in [0.5, 0.6) is 5.75 Å². The fraction of sp³-hybridized carbons (Fsp3) is 0.364. The number of benzene rings is 2. The second-order valence-corrected chi connectivity index (χ2v) is 8.89. The van der Waals surface area contributed by atoms with E-state index in [4.69, 9.17) is 4.74 Å². The summed E-state index contributed by atoms with van der Waals surface area (Å²) in [5.74, 6) is 0.315. The van der Waals surface area contributed by atoms with Crippen LogP contribution >= 0.6 is 15.9 Å². The molecule has 0 atom stereocenters. The third kappa shape index (κ3) is 4.16. The van der Waals surface area contributed by atoms with E-state index >= 15 is 0 Å². The minimum absolute atomic E-state index is 0.234. The topological polar surface area (TPSA) is 29.5 Å². The number of hydrogen-bond acceptors (Lipinski definition) is 2. The summed E-state index contributed by atoms with van der Waals surface area (Å²) in [6, 6.07) is 15.9. The highest BCUT2D eigenvalue weighted by atomic mass is 79.9. The van der Waals surface area contributed by atoms with E-state index in [2.05, 4.69) is 55.8 Å². The maximum absolute atomic E-state index is 10.5. The predicted molar refractivity (Wildman–Crippen MR) is 107 cm³/mol. The molecule has 0 aliphatic carbocycles. The molecule has 0 aromatic heterocycles.